The van der Waals surface area contributed by atoms with Crippen LogP contribution in [0.15, 0.2) is 77.7 Å². The SMILES string of the molecule is CCCCNC(=O)[C@H](CC)N(Cc1ccccc1)C(=O)CN(c1cc(Cl)ccc1OC)S(=O)(=O)c1ccc(C)cc1. The molecule has 1 atom stereocenters. The Kier molecular flexibility index (Phi) is 11.6. The minimum absolute atomic E-state index is 0.0110. The Labute approximate surface area is 248 Å². The molecule has 0 aliphatic rings. The van der Waals surface area contributed by atoms with Gasteiger partial charge in [0.05, 0.1) is 17.7 Å². The molecule has 0 saturated carbocycles. The average molecular weight is 600 g/mol. The number of hydrogen-bond acceptors (Lipinski definition) is 5. The lowest BCUT2D eigenvalue weighted by Crippen LogP contribution is -2.52. The molecular weight excluding hydrogens is 562 g/mol. The van der Waals surface area contributed by atoms with Gasteiger partial charge in [-0.05, 0) is 55.7 Å². The molecule has 0 aromatic heterocycles. The normalized spacial score (nSPS) is 11.9. The van der Waals surface area contributed by atoms with Crippen molar-refractivity contribution in [1.29, 1.82) is 0 Å². The summed E-state index contributed by atoms with van der Waals surface area (Å²) in [5.74, 6) is -0.584. The van der Waals surface area contributed by atoms with Gasteiger partial charge in [-0.25, -0.2) is 8.42 Å². The van der Waals surface area contributed by atoms with Crippen molar-refractivity contribution in [2.45, 2.75) is 57.5 Å². The molecule has 1 N–H and O–H groups in total. The molecule has 0 aliphatic heterocycles. The molecule has 3 aromatic carbocycles. The van der Waals surface area contributed by atoms with E-state index in [4.69, 9.17) is 16.3 Å². The Hall–Kier alpha value is -3.56. The third kappa shape index (κ3) is 8.24. The van der Waals surface area contributed by atoms with E-state index < -0.39 is 28.5 Å². The standard InChI is InChI=1S/C31H38ClN3O5S/c1-5-7-19-33-31(37)27(6-2)34(21-24-11-9-8-10-12-24)30(36)22-35(28-20-25(32)15-18-29(28)40-4)41(38,39)26-16-13-23(3)14-17-26/h8-18,20,27H,5-7,19,21-22H2,1-4H3,(H,33,37)/t27-/m0/s1. The smallest absolute Gasteiger partial charge is 0.264 e. The van der Waals surface area contributed by atoms with Crippen LogP contribution in [0.2, 0.25) is 5.02 Å². The van der Waals surface area contributed by atoms with Crippen LogP contribution >= 0.6 is 11.6 Å². The van der Waals surface area contributed by atoms with E-state index in [1.54, 1.807) is 24.3 Å². The fourth-order valence-corrected chi connectivity index (χ4v) is 6.00. The maximum atomic E-state index is 14.1. The molecule has 0 unspecified atom stereocenters. The average Bonchev–Trinajstić information content (AvgIpc) is 2.96. The summed E-state index contributed by atoms with van der Waals surface area (Å²) in [6, 6.07) is 19.5. The van der Waals surface area contributed by atoms with E-state index in [0.29, 0.717) is 13.0 Å². The predicted octanol–water partition coefficient (Wildman–Crippen LogP) is 5.58. The number of rotatable bonds is 14. The molecule has 3 aromatic rings. The van der Waals surface area contributed by atoms with Crippen LogP contribution in [0.1, 0.15) is 44.2 Å². The third-order valence-corrected chi connectivity index (χ3v) is 8.72. The molecular formula is C31H38ClN3O5S. The number of hydrogen-bond donors (Lipinski definition) is 1. The molecule has 0 aliphatic carbocycles. The predicted molar refractivity (Wildman–Crippen MR) is 163 cm³/mol. The van der Waals surface area contributed by atoms with Gasteiger partial charge in [0, 0.05) is 18.1 Å². The largest absolute Gasteiger partial charge is 0.495 e. The minimum Gasteiger partial charge on any atom is -0.495 e. The van der Waals surface area contributed by atoms with Crippen molar-refractivity contribution in [2.75, 3.05) is 24.5 Å². The van der Waals surface area contributed by atoms with Crippen molar-refractivity contribution in [1.82, 2.24) is 10.2 Å². The highest BCUT2D eigenvalue weighted by molar-refractivity contribution is 7.92. The fraction of sp³-hybridized carbons (Fsp3) is 0.355. The summed E-state index contributed by atoms with van der Waals surface area (Å²) in [5.41, 5.74) is 1.82. The number of halogens is 1. The minimum atomic E-state index is -4.25. The number of amides is 2. The van der Waals surface area contributed by atoms with Crippen LogP contribution in [0.5, 0.6) is 5.75 Å². The molecule has 2 amide bonds. The first-order valence-electron chi connectivity index (χ1n) is 13.7. The van der Waals surface area contributed by atoms with E-state index in [9.17, 15) is 18.0 Å². The number of aryl methyl sites for hydroxylation is 1. The van der Waals surface area contributed by atoms with Gasteiger partial charge in [-0.2, -0.15) is 0 Å². The van der Waals surface area contributed by atoms with Crippen molar-refractivity contribution < 1.29 is 22.7 Å². The fourth-order valence-electron chi connectivity index (χ4n) is 4.41. The maximum Gasteiger partial charge on any atom is 0.264 e. The van der Waals surface area contributed by atoms with Gasteiger partial charge >= 0.3 is 0 Å². The molecule has 0 fully saturated rings. The van der Waals surface area contributed by atoms with Crippen LogP contribution in [-0.4, -0.2) is 51.4 Å². The summed E-state index contributed by atoms with van der Waals surface area (Å²) in [4.78, 5) is 28.9. The summed E-state index contributed by atoms with van der Waals surface area (Å²) >= 11 is 6.29. The van der Waals surface area contributed by atoms with E-state index >= 15 is 0 Å². The van der Waals surface area contributed by atoms with Gasteiger partial charge in [0.1, 0.15) is 18.3 Å². The van der Waals surface area contributed by atoms with Crippen molar-refractivity contribution in [3.8, 4) is 5.75 Å². The highest BCUT2D eigenvalue weighted by Gasteiger charge is 2.34. The monoisotopic (exact) mass is 599 g/mol. The number of carbonyl (C=O) groups is 2. The zero-order valence-corrected chi connectivity index (χ0v) is 25.5. The highest BCUT2D eigenvalue weighted by atomic mass is 35.5. The number of unbranched alkanes of at least 4 members (excludes halogenated alkanes) is 1. The first-order chi connectivity index (χ1) is 19.6. The van der Waals surface area contributed by atoms with Crippen molar-refractivity contribution in [3.63, 3.8) is 0 Å². The Morgan fingerprint density at radius 1 is 1.00 bits per heavy atom. The van der Waals surface area contributed by atoms with Crippen LogP contribution in [0.4, 0.5) is 5.69 Å². The number of ether oxygens (including phenoxy) is 1. The van der Waals surface area contributed by atoms with E-state index in [-0.39, 0.29) is 33.8 Å². The van der Waals surface area contributed by atoms with Gasteiger partial charge < -0.3 is 15.0 Å². The summed E-state index contributed by atoms with van der Waals surface area (Å²) in [7, 11) is -2.83. The number of methoxy groups -OCH3 is 1. The number of benzene rings is 3. The topological polar surface area (TPSA) is 96.0 Å². The van der Waals surface area contributed by atoms with Gasteiger partial charge in [-0.3, -0.25) is 13.9 Å². The molecule has 0 bridgehead atoms. The summed E-state index contributed by atoms with van der Waals surface area (Å²) in [6.45, 7) is 5.77. The lowest BCUT2D eigenvalue weighted by atomic mass is 10.1. The van der Waals surface area contributed by atoms with Gasteiger partial charge in [0.15, 0.2) is 0 Å². The van der Waals surface area contributed by atoms with Crippen LogP contribution in [-0.2, 0) is 26.2 Å². The number of anilines is 1. The second-order valence-electron chi connectivity index (χ2n) is 9.72. The van der Waals surface area contributed by atoms with Gasteiger partial charge in [0.2, 0.25) is 11.8 Å². The maximum absolute atomic E-state index is 14.1. The number of carbonyl (C=O) groups excluding carboxylic acids is 2. The number of nitrogens with zero attached hydrogens (tertiary/aromatic N) is 2. The molecule has 0 radical (unpaired) electrons. The molecule has 8 nitrogen and oxygen atoms in total. The van der Waals surface area contributed by atoms with Gasteiger partial charge in [-0.1, -0.05) is 79.9 Å². The molecule has 41 heavy (non-hydrogen) atoms. The molecule has 10 heteroatoms. The Morgan fingerprint density at radius 3 is 2.29 bits per heavy atom. The number of sulfonamides is 1. The molecule has 0 saturated heterocycles. The van der Waals surface area contributed by atoms with E-state index in [0.717, 1.165) is 28.3 Å². The van der Waals surface area contributed by atoms with Crippen molar-refractivity contribution in [2.24, 2.45) is 0 Å². The van der Waals surface area contributed by atoms with E-state index in [2.05, 4.69) is 5.32 Å². The third-order valence-electron chi connectivity index (χ3n) is 6.71. The summed E-state index contributed by atoms with van der Waals surface area (Å²) in [6.07, 6.45) is 2.07. The highest BCUT2D eigenvalue weighted by Crippen LogP contribution is 2.35. The Balaban J connectivity index is 2.09. The van der Waals surface area contributed by atoms with Crippen LogP contribution in [0.3, 0.4) is 0 Å². The zero-order chi connectivity index (χ0) is 30.0. The molecule has 0 spiro atoms. The molecule has 220 valence electrons. The zero-order valence-electron chi connectivity index (χ0n) is 24.0. The second-order valence-corrected chi connectivity index (χ2v) is 12.0. The van der Waals surface area contributed by atoms with Crippen molar-refractivity contribution in [3.05, 3.63) is 88.9 Å². The van der Waals surface area contributed by atoms with E-state index in [1.807, 2.05) is 51.1 Å². The second kappa shape index (κ2) is 14.9. The first kappa shape index (κ1) is 32.0. The summed E-state index contributed by atoms with van der Waals surface area (Å²) < 4.78 is 34.6. The molecule has 3 rings (SSSR count). The van der Waals surface area contributed by atoms with Crippen LogP contribution in [0.25, 0.3) is 0 Å². The Morgan fingerprint density at radius 2 is 1.68 bits per heavy atom. The van der Waals surface area contributed by atoms with E-state index in [1.165, 1.54) is 30.2 Å². The quantitative estimate of drug-likeness (QED) is 0.244. The summed E-state index contributed by atoms with van der Waals surface area (Å²) in [5, 5.41) is 3.20. The van der Waals surface area contributed by atoms with Gasteiger partial charge in [-0.15, -0.1) is 0 Å². The van der Waals surface area contributed by atoms with Gasteiger partial charge in [0.25, 0.3) is 10.0 Å². The molecule has 0 heterocycles. The number of nitrogens with one attached hydrogen (secondary N) is 1. The van der Waals surface area contributed by atoms with Crippen molar-refractivity contribution >= 4 is 39.1 Å². The lowest BCUT2D eigenvalue weighted by molar-refractivity contribution is -0.140. The van der Waals surface area contributed by atoms with Crippen LogP contribution < -0.4 is 14.4 Å². The first-order valence-corrected chi connectivity index (χ1v) is 15.5. The Bertz CT molecular complexity index is 1420. The lowest BCUT2D eigenvalue weighted by Gasteiger charge is -2.33. The van der Waals surface area contributed by atoms with Crippen LogP contribution in [0, 0.1) is 6.92 Å².